The van der Waals surface area contributed by atoms with Crippen LogP contribution in [-0.4, -0.2) is 26.2 Å². The van der Waals surface area contributed by atoms with Crippen LogP contribution in [-0.2, 0) is 6.54 Å². The van der Waals surface area contributed by atoms with Gasteiger partial charge in [0.05, 0.1) is 0 Å². The van der Waals surface area contributed by atoms with Crippen molar-refractivity contribution < 1.29 is 0 Å². The molecule has 1 unspecified atom stereocenters. The van der Waals surface area contributed by atoms with Gasteiger partial charge in [-0.2, -0.15) is 0 Å². The third-order valence-electron chi connectivity index (χ3n) is 5.71. The number of hydrogen-bond acceptors (Lipinski definition) is 2. The first kappa shape index (κ1) is 16.6. The van der Waals surface area contributed by atoms with E-state index in [1.54, 1.807) is 0 Å². The largest absolute Gasteiger partial charge is 0.371 e. The molecular weight excluding hydrogens is 320 g/mol. The lowest BCUT2D eigenvalue weighted by atomic mass is 10.1. The number of likely N-dealkylation sites (tertiary alicyclic amines) is 1. The third-order valence-corrected chi connectivity index (χ3v) is 8.83. The van der Waals surface area contributed by atoms with Crippen LogP contribution in [0, 0.1) is 0 Å². The zero-order valence-corrected chi connectivity index (χ0v) is 16.3. The molecule has 1 atom stereocenters. The Labute approximate surface area is 152 Å². The van der Waals surface area contributed by atoms with Crippen LogP contribution in [0.3, 0.4) is 0 Å². The van der Waals surface area contributed by atoms with Crippen LogP contribution >= 0.6 is 0 Å². The molecule has 1 fully saturated rings. The van der Waals surface area contributed by atoms with Crippen molar-refractivity contribution in [1.82, 2.24) is 9.88 Å². The molecular formula is C22H28N2Si. The Bertz CT molecular complexity index is 761. The molecule has 2 nitrogen and oxygen atoms in total. The van der Waals surface area contributed by atoms with Crippen molar-refractivity contribution in [2.24, 2.45) is 0 Å². The summed E-state index contributed by atoms with van der Waals surface area (Å²) in [5.41, 5.74) is 6.40. The van der Waals surface area contributed by atoms with Crippen LogP contribution in [0.1, 0.15) is 35.1 Å². The smallest absolute Gasteiger partial charge is 0.131 e. The summed E-state index contributed by atoms with van der Waals surface area (Å²) in [4.78, 5) is 6.54. The van der Waals surface area contributed by atoms with E-state index in [0.717, 1.165) is 6.54 Å². The lowest BCUT2D eigenvalue weighted by Gasteiger charge is -2.30. The van der Waals surface area contributed by atoms with Gasteiger partial charge in [0, 0.05) is 36.4 Å². The van der Waals surface area contributed by atoms with Crippen LogP contribution < -0.4 is 4.98 Å². The van der Waals surface area contributed by atoms with Crippen molar-refractivity contribution >= 4 is 13.9 Å². The monoisotopic (exact) mass is 348 g/mol. The summed E-state index contributed by atoms with van der Waals surface area (Å²) in [7, 11) is -1.65. The van der Waals surface area contributed by atoms with E-state index < -0.39 is 8.24 Å². The van der Waals surface area contributed by atoms with Gasteiger partial charge in [0.15, 0.2) is 0 Å². The van der Waals surface area contributed by atoms with Gasteiger partial charge in [0.25, 0.3) is 0 Å². The summed E-state index contributed by atoms with van der Waals surface area (Å²) in [6.45, 7) is 8.34. The predicted molar refractivity (Wildman–Crippen MR) is 109 cm³/mol. The third kappa shape index (κ3) is 3.31. The van der Waals surface area contributed by atoms with Gasteiger partial charge in [-0.05, 0) is 24.0 Å². The van der Waals surface area contributed by atoms with Gasteiger partial charge >= 0.3 is 0 Å². The maximum absolute atomic E-state index is 3.95. The standard InChI is InChI=1S/C22H28N2Si/c1-25(2,23-17-18-10-4-3-5-11-18)22-16-21(24-14-8-9-15-24)19-12-6-7-13-20(19)22/h3-7,10-13,16,22-23H,8-9,14-15,17H2,1-2H3. The van der Waals surface area contributed by atoms with E-state index in [1.165, 1.54) is 48.3 Å². The summed E-state index contributed by atoms with van der Waals surface area (Å²) in [5.74, 6) is 0. The molecule has 130 valence electrons. The number of fused-ring (bicyclic) bond motifs is 1. The predicted octanol–water partition coefficient (Wildman–Crippen LogP) is 4.75. The van der Waals surface area contributed by atoms with Crippen molar-refractivity contribution in [3.05, 3.63) is 77.4 Å². The number of allylic oxidation sites excluding steroid dienone is 1. The molecule has 0 saturated carbocycles. The highest BCUT2D eigenvalue weighted by molar-refractivity contribution is 6.77. The minimum atomic E-state index is -1.65. The van der Waals surface area contributed by atoms with E-state index in [0.29, 0.717) is 5.54 Å². The molecule has 0 amide bonds. The highest BCUT2D eigenvalue weighted by atomic mass is 28.3. The average molecular weight is 349 g/mol. The zero-order chi connectivity index (χ0) is 17.3. The van der Waals surface area contributed by atoms with Crippen molar-refractivity contribution in [3.8, 4) is 0 Å². The molecule has 0 bridgehead atoms. The fourth-order valence-electron chi connectivity index (χ4n) is 4.21. The van der Waals surface area contributed by atoms with E-state index in [2.05, 4.69) is 83.6 Å². The van der Waals surface area contributed by atoms with Crippen LogP contribution in [0.25, 0.3) is 5.70 Å². The molecule has 1 heterocycles. The summed E-state index contributed by atoms with van der Waals surface area (Å²) in [6.07, 6.45) is 5.23. The average Bonchev–Trinajstić information content (AvgIpc) is 3.28. The SMILES string of the molecule is C[Si](C)(NCc1ccccc1)C1C=C(N2CCCC2)c2ccccc21. The first-order valence-corrected chi connectivity index (χ1v) is 12.6. The Hall–Kier alpha value is -1.84. The number of nitrogens with one attached hydrogen (secondary N) is 1. The summed E-state index contributed by atoms with van der Waals surface area (Å²) in [6, 6.07) is 19.8. The summed E-state index contributed by atoms with van der Waals surface area (Å²) >= 11 is 0. The minimum Gasteiger partial charge on any atom is -0.371 e. The van der Waals surface area contributed by atoms with Crippen molar-refractivity contribution in [3.63, 3.8) is 0 Å². The van der Waals surface area contributed by atoms with E-state index >= 15 is 0 Å². The Morgan fingerprint density at radius 1 is 0.960 bits per heavy atom. The quantitative estimate of drug-likeness (QED) is 0.784. The van der Waals surface area contributed by atoms with Gasteiger partial charge in [-0.25, -0.2) is 0 Å². The number of hydrogen-bond donors (Lipinski definition) is 1. The van der Waals surface area contributed by atoms with Crippen molar-refractivity contribution in [2.75, 3.05) is 13.1 Å². The topological polar surface area (TPSA) is 15.3 Å². The molecule has 2 aliphatic rings. The van der Waals surface area contributed by atoms with Gasteiger partial charge in [-0.1, -0.05) is 73.8 Å². The maximum atomic E-state index is 3.95. The van der Waals surface area contributed by atoms with Gasteiger partial charge < -0.3 is 9.88 Å². The Kier molecular flexibility index (Phi) is 4.53. The molecule has 0 spiro atoms. The summed E-state index contributed by atoms with van der Waals surface area (Å²) in [5, 5.41) is 0. The Morgan fingerprint density at radius 2 is 1.64 bits per heavy atom. The fourth-order valence-corrected chi connectivity index (χ4v) is 6.69. The molecule has 2 aromatic rings. The van der Waals surface area contributed by atoms with E-state index in [-0.39, 0.29) is 0 Å². The molecule has 1 N–H and O–H groups in total. The van der Waals surface area contributed by atoms with Crippen LogP contribution in [0.2, 0.25) is 13.1 Å². The van der Waals surface area contributed by atoms with Gasteiger partial charge in [0.1, 0.15) is 8.24 Å². The van der Waals surface area contributed by atoms with Gasteiger partial charge in [-0.3, -0.25) is 0 Å². The normalized spacial score (nSPS) is 19.8. The van der Waals surface area contributed by atoms with Crippen molar-refractivity contribution in [1.29, 1.82) is 0 Å². The maximum Gasteiger partial charge on any atom is 0.131 e. The summed E-state index contributed by atoms with van der Waals surface area (Å²) < 4.78 is 0. The first-order chi connectivity index (χ1) is 12.1. The molecule has 1 aliphatic carbocycles. The van der Waals surface area contributed by atoms with Crippen LogP contribution in [0.5, 0.6) is 0 Å². The highest BCUT2D eigenvalue weighted by Crippen LogP contribution is 2.42. The molecule has 1 aliphatic heterocycles. The number of benzene rings is 2. The van der Waals surface area contributed by atoms with E-state index in [1.807, 2.05) is 0 Å². The first-order valence-electron chi connectivity index (χ1n) is 9.50. The van der Waals surface area contributed by atoms with Gasteiger partial charge in [0.2, 0.25) is 0 Å². The molecule has 0 aromatic heterocycles. The Morgan fingerprint density at radius 3 is 2.40 bits per heavy atom. The van der Waals surface area contributed by atoms with Crippen LogP contribution in [0.15, 0.2) is 60.7 Å². The molecule has 0 radical (unpaired) electrons. The second-order valence-corrected chi connectivity index (χ2v) is 12.3. The van der Waals surface area contributed by atoms with Crippen LogP contribution in [0.4, 0.5) is 0 Å². The van der Waals surface area contributed by atoms with E-state index in [9.17, 15) is 0 Å². The molecule has 4 rings (SSSR count). The molecule has 25 heavy (non-hydrogen) atoms. The number of nitrogens with zero attached hydrogens (tertiary/aromatic N) is 1. The number of rotatable bonds is 5. The lowest BCUT2D eigenvalue weighted by molar-refractivity contribution is 0.494. The molecule has 3 heteroatoms. The molecule has 2 aromatic carbocycles. The minimum absolute atomic E-state index is 0.544. The second-order valence-electron chi connectivity index (χ2n) is 7.87. The van der Waals surface area contributed by atoms with Crippen molar-refractivity contribution in [2.45, 2.75) is 38.0 Å². The zero-order valence-electron chi connectivity index (χ0n) is 15.3. The molecule has 1 saturated heterocycles. The van der Waals surface area contributed by atoms with E-state index in [4.69, 9.17) is 0 Å². The van der Waals surface area contributed by atoms with Gasteiger partial charge in [-0.15, -0.1) is 0 Å². The second kappa shape index (κ2) is 6.81. The Balaban J connectivity index is 1.59. The lowest BCUT2D eigenvalue weighted by Crippen LogP contribution is -2.49. The fraction of sp³-hybridized carbons (Fsp3) is 0.364. The highest BCUT2D eigenvalue weighted by Gasteiger charge is 2.38.